The van der Waals surface area contributed by atoms with Crippen molar-refractivity contribution in [2.75, 3.05) is 61.2 Å². The molecule has 2 aromatic carbocycles. The molecule has 2 N–H and O–H groups in total. The van der Waals surface area contributed by atoms with Crippen LogP contribution in [0.15, 0.2) is 42.9 Å². The zero-order valence-corrected chi connectivity index (χ0v) is 27.2. The van der Waals surface area contributed by atoms with E-state index < -0.39 is 0 Å². The van der Waals surface area contributed by atoms with Gasteiger partial charge in [0.1, 0.15) is 22.9 Å². The number of hydrogen-bond donors (Lipinski definition) is 2. The standard InChI is InChI=1S/C32H40N10OS/c1-8-21-15-26(28(43-7)16-27(21)42-14-11-23(19-42)40(4)5)38-32-36-18-22(17-33)31(39-32)37-25-10-9-24-29(35-13-12-34-24)30(25)41(6)44-20(2)3/h9-10,12-13,15-16,18,20,23H,8,11,14,19H2,1-7H3,(H2,36,37,38,39). The molecular weight excluding hydrogens is 572 g/mol. The van der Waals surface area contributed by atoms with Gasteiger partial charge in [-0.2, -0.15) is 10.2 Å². The number of nitrogens with one attached hydrogen (secondary N) is 2. The lowest BCUT2D eigenvalue weighted by Crippen LogP contribution is -2.31. The molecule has 5 rings (SSSR count). The van der Waals surface area contributed by atoms with E-state index in [0.717, 1.165) is 54.0 Å². The van der Waals surface area contributed by atoms with Crippen LogP contribution in [0, 0.1) is 11.3 Å². The molecule has 230 valence electrons. The summed E-state index contributed by atoms with van der Waals surface area (Å²) in [6, 6.07) is 10.8. The first-order valence-electron chi connectivity index (χ1n) is 14.8. The summed E-state index contributed by atoms with van der Waals surface area (Å²) < 4.78 is 7.91. The Balaban J connectivity index is 1.48. The van der Waals surface area contributed by atoms with Crippen molar-refractivity contribution >= 4 is 57.5 Å². The maximum absolute atomic E-state index is 9.93. The highest BCUT2D eigenvalue weighted by Crippen LogP contribution is 2.39. The molecule has 1 saturated heterocycles. The van der Waals surface area contributed by atoms with Crippen LogP contribution in [0.5, 0.6) is 5.75 Å². The third kappa shape index (κ3) is 6.59. The van der Waals surface area contributed by atoms with E-state index in [1.54, 1.807) is 31.5 Å². The lowest BCUT2D eigenvalue weighted by atomic mass is 10.1. The van der Waals surface area contributed by atoms with Gasteiger partial charge in [-0.15, -0.1) is 0 Å². The quantitative estimate of drug-likeness (QED) is 0.194. The van der Waals surface area contributed by atoms with Crippen LogP contribution in [0.1, 0.15) is 38.3 Å². The molecule has 0 spiro atoms. The van der Waals surface area contributed by atoms with Gasteiger partial charge in [0.15, 0.2) is 5.82 Å². The second-order valence-corrected chi connectivity index (χ2v) is 12.9. The van der Waals surface area contributed by atoms with Gasteiger partial charge in [0.25, 0.3) is 0 Å². The number of hydrogen-bond acceptors (Lipinski definition) is 12. The molecule has 0 saturated carbocycles. The number of nitriles is 1. The summed E-state index contributed by atoms with van der Waals surface area (Å²) in [6.45, 7) is 8.42. The van der Waals surface area contributed by atoms with Crippen LogP contribution in [0.25, 0.3) is 11.0 Å². The molecule has 1 unspecified atom stereocenters. The van der Waals surface area contributed by atoms with Gasteiger partial charge in [-0.3, -0.25) is 9.97 Å². The third-order valence-electron chi connectivity index (χ3n) is 7.72. The number of aryl methyl sites for hydroxylation is 1. The SMILES string of the molecule is CCc1cc(Nc2ncc(C#N)c(Nc3ccc4nccnc4c3N(C)SC(C)C)n2)c(OC)cc1N1CCC(N(C)C)C1. The summed E-state index contributed by atoms with van der Waals surface area (Å²) in [5, 5.41) is 17.0. The van der Waals surface area contributed by atoms with Crippen LogP contribution in [-0.4, -0.2) is 77.5 Å². The summed E-state index contributed by atoms with van der Waals surface area (Å²) in [6.07, 6.45) is 6.89. The average molecular weight is 613 g/mol. The summed E-state index contributed by atoms with van der Waals surface area (Å²) in [7, 11) is 7.95. The largest absolute Gasteiger partial charge is 0.494 e. The van der Waals surface area contributed by atoms with Crippen LogP contribution in [0.2, 0.25) is 0 Å². The number of methoxy groups -OCH3 is 1. The topological polar surface area (TPSA) is 118 Å². The van der Waals surface area contributed by atoms with Crippen molar-refractivity contribution in [3.63, 3.8) is 0 Å². The molecule has 1 aliphatic rings. The van der Waals surface area contributed by atoms with Gasteiger partial charge in [-0.1, -0.05) is 20.8 Å². The summed E-state index contributed by atoms with van der Waals surface area (Å²) >= 11 is 1.68. The maximum Gasteiger partial charge on any atom is 0.229 e. The molecule has 0 aliphatic carbocycles. The van der Waals surface area contributed by atoms with Crippen LogP contribution in [-0.2, 0) is 6.42 Å². The highest BCUT2D eigenvalue weighted by atomic mass is 32.2. The molecule has 1 atom stereocenters. The van der Waals surface area contributed by atoms with Crippen molar-refractivity contribution in [2.24, 2.45) is 0 Å². The molecule has 0 bridgehead atoms. The van der Waals surface area contributed by atoms with Crippen molar-refractivity contribution in [1.82, 2.24) is 24.8 Å². The number of nitrogens with zero attached hydrogens (tertiary/aromatic N) is 8. The molecule has 0 radical (unpaired) electrons. The van der Waals surface area contributed by atoms with Crippen LogP contribution in [0.3, 0.4) is 0 Å². The number of fused-ring (bicyclic) bond motifs is 1. The Kier molecular flexibility index (Phi) is 9.56. The molecule has 2 aromatic heterocycles. The van der Waals surface area contributed by atoms with E-state index in [1.807, 2.05) is 19.2 Å². The lowest BCUT2D eigenvalue weighted by molar-refractivity contribution is 0.315. The Bertz CT molecular complexity index is 1670. The zero-order chi connectivity index (χ0) is 31.4. The first-order valence-corrected chi connectivity index (χ1v) is 15.6. The maximum atomic E-state index is 9.93. The van der Waals surface area contributed by atoms with Gasteiger partial charge in [0.05, 0.1) is 35.9 Å². The van der Waals surface area contributed by atoms with Crippen LogP contribution in [0.4, 0.5) is 34.5 Å². The first-order chi connectivity index (χ1) is 21.2. The second-order valence-electron chi connectivity index (χ2n) is 11.2. The van der Waals surface area contributed by atoms with Crippen molar-refractivity contribution in [3.8, 4) is 11.8 Å². The Morgan fingerprint density at radius 3 is 2.59 bits per heavy atom. The zero-order valence-electron chi connectivity index (χ0n) is 26.4. The fraction of sp³-hybridized carbons (Fsp3) is 0.406. The van der Waals surface area contributed by atoms with Crippen molar-refractivity contribution in [2.45, 2.75) is 44.9 Å². The minimum atomic E-state index is 0.320. The number of anilines is 6. The van der Waals surface area contributed by atoms with Gasteiger partial charge in [0.2, 0.25) is 5.95 Å². The number of ether oxygens (including phenoxy) is 1. The van der Waals surface area contributed by atoms with E-state index in [9.17, 15) is 5.26 Å². The Morgan fingerprint density at radius 2 is 1.91 bits per heavy atom. The smallest absolute Gasteiger partial charge is 0.229 e. The van der Waals surface area contributed by atoms with E-state index in [2.05, 4.69) is 92.8 Å². The number of aromatic nitrogens is 4. The molecule has 4 aromatic rings. The highest BCUT2D eigenvalue weighted by Gasteiger charge is 2.26. The van der Waals surface area contributed by atoms with E-state index >= 15 is 0 Å². The van der Waals surface area contributed by atoms with Crippen LogP contribution < -0.4 is 24.6 Å². The predicted molar refractivity (Wildman–Crippen MR) is 181 cm³/mol. The average Bonchev–Trinajstić information content (AvgIpc) is 3.51. The van der Waals surface area contributed by atoms with Crippen molar-refractivity contribution in [1.29, 1.82) is 5.26 Å². The lowest BCUT2D eigenvalue weighted by Gasteiger charge is -2.25. The fourth-order valence-electron chi connectivity index (χ4n) is 5.52. The van der Waals surface area contributed by atoms with Crippen LogP contribution >= 0.6 is 11.9 Å². The van der Waals surface area contributed by atoms with E-state index in [-0.39, 0.29) is 0 Å². The van der Waals surface area contributed by atoms with Gasteiger partial charge >= 0.3 is 0 Å². The number of benzene rings is 2. The second kappa shape index (κ2) is 13.5. The highest BCUT2D eigenvalue weighted by molar-refractivity contribution is 8.01. The summed E-state index contributed by atoms with van der Waals surface area (Å²) in [4.78, 5) is 23.1. The number of rotatable bonds is 11. The van der Waals surface area contributed by atoms with Gasteiger partial charge in [0, 0.05) is 55.6 Å². The molecule has 0 amide bonds. The minimum absolute atomic E-state index is 0.320. The van der Waals surface area contributed by atoms with Gasteiger partial charge in [-0.05, 0) is 62.6 Å². The minimum Gasteiger partial charge on any atom is -0.494 e. The Labute approximate surface area is 263 Å². The van der Waals surface area contributed by atoms with E-state index in [4.69, 9.17) is 9.72 Å². The monoisotopic (exact) mass is 612 g/mol. The Morgan fingerprint density at radius 1 is 1.11 bits per heavy atom. The van der Waals surface area contributed by atoms with E-state index in [0.29, 0.717) is 34.4 Å². The molecular formula is C32H40N10OS. The van der Waals surface area contributed by atoms with Gasteiger partial charge in [-0.25, -0.2) is 4.98 Å². The molecule has 1 aliphatic heterocycles. The van der Waals surface area contributed by atoms with Crippen molar-refractivity contribution in [3.05, 3.63) is 54.0 Å². The third-order valence-corrected chi connectivity index (χ3v) is 8.64. The van der Waals surface area contributed by atoms with E-state index in [1.165, 1.54) is 17.4 Å². The molecule has 1 fully saturated rings. The van der Waals surface area contributed by atoms with Crippen molar-refractivity contribution < 1.29 is 4.74 Å². The first kappa shape index (κ1) is 31.1. The molecule has 11 nitrogen and oxygen atoms in total. The normalized spacial score (nSPS) is 14.7. The van der Waals surface area contributed by atoms with Gasteiger partial charge < -0.3 is 29.5 Å². The molecule has 44 heavy (non-hydrogen) atoms. The fourth-order valence-corrected chi connectivity index (χ4v) is 6.44. The molecule has 3 heterocycles. The molecule has 12 heteroatoms. The summed E-state index contributed by atoms with van der Waals surface area (Å²) in [5.41, 5.74) is 6.64. The Hall–Kier alpha value is -4.34. The predicted octanol–water partition coefficient (Wildman–Crippen LogP) is 5.98. The summed E-state index contributed by atoms with van der Waals surface area (Å²) in [5.74, 6) is 1.44. The number of likely N-dealkylation sites (N-methyl/N-ethyl adjacent to an activating group) is 1.